The Morgan fingerprint density at radius 3 is 2.11 bits per heavy atom. The molecule has 1 nitrogen and oxygen atoms in total. The van der Waals surface area contributed by atoms with E-state index in [4.69, 9.17) is 0 Å². The molecule has 0 saturated heterocycles. The van der Waals surface area contributed by atoms with E-state index >= 15 is 0 Å². The van der Waals surface area contributed by atoms with E-state index in [0.717, 1.165) is 32.3 Å². The molecule has 0 radical (unpaired) electrons. The molecule has 0 heterocycles. The molecule has 0 aliphatic carbocycles. The highest BCUT2D eigenvalue weighted by Gasteiger charge is 2.17. The summed E-state index contributed by atoms with van der Waals surface area (Å²) in [4.78, 5) is 12.7. The quantitative estimate of drug-likeness (QED) is 0.719. The van der Waals surface area contributed by atoms with Crippen molar-refractivity contribution in [3.8, 4) is 0 Å². The van der Waals surface area contributed by atoms with Crippen LogP contribution in [-0.4, -0.2) is 5.78 Å². The SMILES string of the molecule is Cc1cc(C)c(C(=O)c2cccc(C)c2Br)c(C)c1. The Morgan fingerprint density at radius 1 is 0.947 bits per heavy atom. The number of hydrogen-bond donors (Lipinski definition) is 0. The second kappa shape index (κ2) is 5.30. The van der Waals surface area contributed by atoms with E-state index < -0.39 is 0 Å². The number of halogens is 1. The fraction of sp³-hybridized carbons (Fsp3) is 0.235. The highest BCUT2D eigenvalue weighted by molar-refractivity contribution is 9.10. The predicted molar refractivity (Wildman–Crippen MR) is 83.0 cm³/mol. The van der Waals surface area contributed by atoms with Gasteiger partial charge in [0.05, 0.1) is 0 Å². The average molecular weight is 317 g/mol. The van der Waals surface area contributed by atoms with Crippen molar-refractivity contribution in [2.75, 3.05) is 0 Å². The smallest absolute Gasteiger partial charge is 0.194 e. The molecule has 2 rings (SSSR count). The zero-order valence-corrected chi connectivity index (χ0v) is 13.3. The molecule has 0 amide bonds. The molecule has 98 valence electrons. The molecule has 0 aromatic heterocycles. The molecular formula is C17H17BrO. The zero-order valence-electron chi connectivity index (χ0n) is 11.7. The number of benzene rings is 2. The average Bonchev–Trinajstić information content (AvgIpc) is 2.31. The van der Waals surface area contributed by atoms with Crippen LogP contribution in [0.25, 0.3) is 0 Å². The summed E-state index contributed by atoms with van der Waals surface area (Å²) in [6.07, 6.45) is 0. The third-order valence-electron chi connectivity index (χ3n) is 3.34. The monoisotopic (exact) mass is 316 g/mol. The predicted octanol–water partition coefficient (Wildman–Crippen LogP) is 4.91. The molecule has 0 unspecified atom stereocenters. The van der Waals surface area contributed by atoms with Crippen molar-refractivity contribution in [1.29, 1.82) is 0 Å². The van der Waals surface area contributed by atoms with Gasteiger partial charge < -0.3 is 0 Å². The van der Waals surface area contributed by atoms with Crippen molar-refractivity contribution in [2.45, 2.75) is 27.7 Å². The van der Waals surface area contributed by atoms with Crippen LogP contribution in [0.5, 0.6) is 0 Å². The van der Waals surface area contributed by atoms with Gasteiger partial charge in [-0.05, 0) is 66.4 Å². The Bertz CT molecular complexity index is 633. The van der Waals surface area contributed by atoms with Crippen molar-refractivity contribution >= 4 is 21.7 Å². The number of rotatable bonds is 2. The van der Waals surface area contributed by atoms with Crippen LogP contribution < -0.4 is 0 Å². The molecule has 0 N–H and O–H groups in total. The summed E-state index contributed by atoms with van der Waals surface area (Å²) in [5, 5.41) is 0. The summed E-state index contributed by atoms with van der Waals surface area (Å²) < 4.78 is 0.888. The maximum absolute atomic E-state index is 12.7. The summed E-state index contributed by atoms with van der Waals surface area (Å²) in [6, 6.07) is 9.91. The Balaban J connectivity index is 2.60. The van der Waals surface area contributed by atoms with E-state index in [0.29, 0.717) is 0 Å². The molecule has 0 bridgehead atoms. The molecule has 0 aliphatic heterocycles. The van der Waals surface area contributed by atoms with Crippen molar-refractivity contribution < 1.29 is 4.79 Å². The van der Waals surface area contributed by atoms with Gasteiger partial charge in [-0.1, -0.05) is 29.8 Å². The minimum atomic E-state index is 0.0885. The first-order valence-corrected chi connectivity index (χ1v) is 7.08. The molecular weight excluding hydrogens is 300 g/mol. The highest BCUT2D eigenvalue weighted by Crippen LogP contribution is 2.26. The van der Waals surface area contributed by atoms with Gasteiger partial charge in [0.1, 0.15) is 0 Å². The van der Waals surface area contributed by atoms with Crippen molar-refractivity contribution in [3.63, 3.8) is 0 Å². The van der Waals surface area contributed by atoms with Gasteiger partial charge in [-0.3, -0.25) is 4.79 Å². The van der Waals surface area contributed by atoms with E-state index in [1.54, 1.807) is 0 Å². The molecule has 2 heteroatoms. The van der Waals surface area contributed by atoms with Crippen molar-refractivity contribution in [3.05, 3.63) is 68.2 Å². The van der Waals surface area contributed by atoms with Gasteiger partial charge in [0.25, 0.3) is 0 Å². The van der Waals surface area contributed by atoms with Crippen LogP contribution in [0.4, 0.5) is 0 Å². The van der Waals surface area contributed by atoms with Crippen molar-refractivity contribution in [1.82, 2.24) is 0 Å². The molecule has 19 heavy (non-hydrogen) atoms. The maximum atomic E-state index is 12.7. The molecule has 0 atom stereocenters. The zero-order chi connectivity index (χ0) is 14.2. The molecule has 0 fully saturated rings. The third-order valence-corrected chi connectivity index (χ3v) is 4.39. The normalized spacial score (nSPS) is 10.6. The Kier molecular flexibility index (Phi) is 3.91. The standard InChI is InChI=1S/C17H17BrO/c1-10-8-12(3)15(13(4)9-10)17(19)14-7-5-6-11(2)16(14)18/h5-9H,1-4H3. The Hall–Kier alpha value is -1.41. The van der Waals surface area contributed by atoms with Gasteiger partial charge >= 0.3 is 0 Å². The molecule has 2 aromatic rings. The van der Waals surface area contributed by atoms with Crippen LogP contribution in [0.2, 0.25) is 0 Å². The number of aryl methyl sites for hydroxylation is 4. The Morgan fingerprint density at radius 2 is 1.53 bits per heavy atom. The largest absolute Gasteiger partial charge is 0.289 e. The van der Waals surface area contributed by atoms with Crippen LogP contribution >= 0.6 is 15.9 Å². The topological polar surface area (TPSA) is 17.1 Å². The van der Waals surface area contributed by atoms with Crippen LogP contribution in [0.3, 0.4) is 0 Å². The third kappa shape index (κ3) is 2.64. The molecule has 2 aromatic carbocycles. The van der Waals surface area contributed by atoms with Gasteiger partial charge in [-0.25, -0.2) is 0 Å². The summed E-state index contributed by atoms with van der Waals surface area (Å²) >= 11 is 3.52. The van der Waals surface area contributed by atoms with Crippen LogP contribution in [0, 0.1) is 27.7 Å². The van der Waals surface area contributed by atoms with Gasteiger partial charge in [-0.2, -0.15) is 0 Å². The number of ketones is 1. The summed E-state index contributed by atoms with van der Waals surface area (Å²) in [7, 11) is 0. The van der Waals surface area contributed by atoms with E-state index in [9.17, 15) is 4.79 Å². The van der Waals surface area contributed by atoms with Crippen LogP contribution in [-0.2, 0) is 0 Å². The van der Waals surface area contributed by atoms with Crippen LogP contribution in [0.15, 0.2) is 34.8 Å². The first-order valence-electron chi connectivity index (χ1n) is 6.29. The summed E-state index contributed by atoms with van der Waals surface area (Å²) in [5.41, 5.74) is 5.89. The van der Waals surface area contributed by atoms with E-state index in [-0.39, 0.29) is 5.78 Å². The summed E-state index contributed by atoms with van der Waals surface area (Å²) in [5.74, 6) is 0.0885. The van der Waals surface area contributed by atoms with Gasteiger partial charge in [0, 0.05) is 15.6 Å². The maximum Gasteiger partial charge on any atom is 0.194 e. The van der Waals surface area contributed by atoms with Gasteiger partial charge in [0.15, 0.2) is 5.78 Å². The van der Waals surface area contributed by atoms with E-state index in [1.165, 1.54) is 5.56 Å². The summed E-state index contributed by atoms with van der Waals surface area (Å²) in [6.45, 7) is 8.04. The van der Waals surface area contributed by atoms with Gasteiger partial charge in [-0.15, -0.1) is 0 Å². The highest BCUT2D eigenvalue weighted by atomic mass is 79.9. The van der Waals surface area contributed by atoms with Crippen LogP contribution in [0.1, 0.15) is 38.2 Å². The molecule has 0 saturated carbocycles. The minimum Gasteiger partial charge on any atom is -0.289 e. The second-order valence-electron chi connectivity index (χ2n) is 5.04. The first-order chi connectivity index (χ1) is 8.91. The number of carbonyl (C=O) groups excluding carboxylic acids is 1. The fourth-order valence-electron chi connectivity index (χ4n) is 2.50. The lowest BCUT2D eigenvalue weighted by molar-refractivity contribution is 0.103. The molecule has 0 spiro atoms. The van der Waals surface area contributed by atoms with E-state index in [2.05, 4.69) is 35.0 Å². The van der Waals surface area contributed by atoms with E-state index in [1.807, 2.05) is 39.0 Å². The Labute approximate surface area is 122 Å². The molecule has 0 aliphatic rings. The fourth-order valence-corrected chi connectivity index (χ4v) is 2.94. The number of carbonyl (C=O) groups is 1. The first kappa shape index (κ1) is 14.0. The lowest BCUT2D eigenvalue weighted by atomic mass is 9.93. The van der Waals surface area contributed by atoms with Gasteiger partial charge in [0.2, 0.25) is 0 Å². The lowest BCUT2D eigenvalue weighted by Crippen LogP contribution is -2.08. The number of hydrogen-bond acceptors (Lipinski definition) is 1. The van der Waals surface area contributed by atoms with Crippen molar-refractivity contribution in [2.24, 2.45) is 0 Å². The minimum absolute atomic E-state index is 0.0885. The lowest BCUT2D eigenvalue weighted by Gasteiger charge is -2.12. The second-order valence-corrected chi connectivity index (χ2v) is 5.83.